The Kier molecular flexibility index (Phi) is 4.76. The van der Waals surface area contributed by atoms with Crippen molar-refractivity contribution in [3.05, 3.63) is 87.4 Å². The third-order valence-electron chi connectivity index (χ3n) is 4.83. The minimum Gasteiger partial charge on any atom is -0.341 e. The largest absolute Gasteiger partial charge is 0.341 e. The number of thiazole rings is 1. The van der Waals surface area contributed by atoms with Crippen molar-refractivity contribution in [2.45, 2.75) is 25.9 Å². The molecule has 0 saturated carbocycles. The van der Waals surface area contributed by atoms with Gasteiger partial charge in [0.2, 0.25) is 0 Å². The van der Waals surface area contributed by atoms with Gasteiger partial charge in [-0.15, -0.1) is 11.3 Å². The van der Waals surface area contributed by atoms with E-state index < -0.39 is 5.54 Å². The summed E-state index contributed by atoms with van der Waals surface area (Å²) in [6.45, 7) is 3.97. The number of hydrogen-bond donors (Lipinski definition) is 1. The summed E-state index contributed by atoms with van der Waals surface area (Å²) < 4.78 is 0. The van der Waals surface area contributed by atoms with Crippen LogP contribution in [-0.2, 0) is 12.1 Å². The first kappa shape index (κ1) is 19.0. The van der Waals surface area contributed by atoms with E-state index in [1.54, 1.807) is 54.7 Å². The summed E-state index contributed by atoms with van der Waals surface area (Å²) in [5.41, 5.74) is 1.55. The number of carbonyl (C=O) groups excluding carboxylic acids is 3. The van der Waals surface area contributed by atoms with Gasteiger partial charge >= 0.3 is 0 Å². The van der Waals surface area contributed by atoms with E-state index in [4.69, 9.17) is 0 Å². The van der Waals surface area contributed by atoms with Gasteiger partial charge in [0.15, 0.2) is 0 Å². The second-order valence-electron chi connectivity index (χ2n) is 7.36. The Morgan fingerprint density at radius 3 is 2.21 bits per heavy atom. The van der Waals surface area contributed by atoms with E-state index in [2.05, 4.69) is 10.3 Å². The zero-order valence-corrected chi connectivity index (χ0v) is 16.8. The van der Waals surface area contributed by atoms with Crippen molar-refractivity contribution in [2.75, 3.05) is 0 Å². The number of nitrogens with one attached hydrogen (secondary N) is 1. The van der Waals surface area contributed by atoms with E-state index in [0.29, 0.717) is 16.7 Å². The van der Waals surface area contributed by atoms with E-state index >= 15 is 0 Å². The number of nitrogens with zero attached hydrogens (tertiary/aromatic N) is 2. The van der Waals surface area contributed by atoms with Gasteiger partial charge in [0.25, 0.3) is 17.7 Å². The molecule has 0 unspecified atom stereocenters. The minimum absolute atomic E-state index is 0.166. The Morgan fingerprint density at radius 2 is 1.66 bits per heavy atom. The van der Waals surface area contributed by atoms with Crippen molar-refractivity contribution < 1.29 is 14.4 Å². The van der Waals surface area contributed by atoms with E-state index in [1.807, 2.05) is 19.2 Å². The first-order valence-electron chi connectivity index (χ1n) is 9.13. The van der Waals surface area contributed by atoms with Crippen molar-refractivity contribution in [2.24, 2.45) is 0 Å². The first-order chi connectivity index (χ1) is 13.9. The lowest BCUT2D eigenvalue weighted by Gasteiger charge is -2.24. The SMILES string of the molecule is CC(C)(NC(=O)c1ccc(CN2C(=O)c3ccccc3C2=O)cc1)c1nccs1. The molecule has 1 aliphatic rings. The maximum atomic E-state index is 12.6. The van der Waals surface area contributed by atoms with Gasteiger partial charge in [-0.3, -0.25) is 19.3 Å². The van der Waals surface area contributed by atoms with Crippen LogP contribution in [0.3, 0.4) is 0 Å². The molecule has 0 saturated heterocycles. The summed E-state index contributed by atoms with van der Waals surface area (Å²) in [6.07, 6.45) is 1.71. The molecule has 2 heterocycles. The molecule has 0 aliphatic carbocycles. The summed E-state index contributed by atoms with van der Waals surface area (Å²) in [6, 6.07) is 13.7. The molecule has 1 N–H and O–H groups in total. The minimum atomic E-state index is -0.579. The van der Waals surface area contributed by atoms with Crippen LogP contribution < -0.4 is 5.32 Å². The molecule has 29 heavy (non-hydrogen) atoms. The summed E-state index contributed by atoms with van der Waals surface area (Å²) in [5.74, 6) is -0.798. The fourth-order valence-corrected chi connectivity index (χ4v) is 3.99. The fourth-order valence-electron chi connectivity index (χ4n) is 3.27. The van der Waals surface area contributed by atoms with Gasteiger partial charge in [0.05, 0.1) is 23.2 Å². The molecule has 0 fully saturated rings. The highest BCUT2D eigenvalue weighted by Crippen LogP contribution is 2.25. The number of amides is 3. The Morgan fingerprint density at radius 1 is 1.03 bits per heavy atom. The Hall–Kier alpha value is -3.32. The summed E-state index contributed by atoms with van der Waals surface area (Å²) in [5, 5.41) is 5.68. The molecule has 0 spiro atoms. The second kappa shape index (κ2) is 7.25. The number of imide groups is 1. The average Bonchev–Trinajstić information content (AvgIpc) is 3.33. The molecule has 0 radical (unpaired) electrons. The quantitative estimate of drug-likeness (QED) is 0.658. The predicted octanol–water partition coefficient (Wildman–Crippen LogP) is 3.60. The summed E-state index contributed by atoms with van der Waals surface area (Å²) >= 11 is 1.49. The molecule has 146 valence electrons. The van der Waals surface area contributed by atoms with Crippen molar-refractivity contribution in [1.82, 2.24) is 15.2 Å². The highest BCUT2D eigenvalue weighted by Gasteiger charge is 2.35. The number of carbonyl (C=O) groups is 3. The van der Waals surface area contributed by atoms with Crippen molar-refractivity contribution >= 4 is 29.1 Å². The summed E-state index contributed by atoms with van der Waals surface area (Å²) in [4.78, 5) is 43.1. The summed E-state index contributed by atoms with van der Waals surface area (Å²) in [7, 11) is 0. The number of benzene rings is 2. The molecule has 7 heteroatoms. The fraction of sp³-hybridized carbons (Fsp3) is 0.182. The van der Waals surface area contributed by atoms with Crippen molar-refractivity contribution in [3.63, 3.8) is 0 Å². The standard InChI is InChI=1S/C22H19N3O3S/c1-22(2,21-23-11-12-29-21)24-18(26)15-9-7-14(8-10-15)13-25-19(27)16-5-3-4-6-17(16)20(25)28/h3-12H,13H2,1-2H3,(H,24,26). The predicted molar refractivity (Wildman–Crippen MR) is 110 cm³/mol. The highest BCUT2D eigenvalue weighted by atomic mass is 32.1. The number of aromatic nitrogens is 1. The van der Waals surface area contributed by atoms with E-state index in [9.17, 15) is 14.4 Å². The smallest absolute Gasteiger partial charge is 0.261 e. The molecule has 1 aliphatic heterocycles. The van der Waals surface area contributed by atoms with Crippen LogP contribution in [0, 0.1) is 0 Å². The van der Waals surface area contributed by atoms with Crippen LogP contribution in [0.15, 0.2) is 60.1 Å². The van der Waals surface area contributed by atoms with Crippen LogP contribution >= 0.6 is 11.3 Å². The van der Waals surface area contributed by atoms with Crippen molar-refractivity contribution in [1.29, 1.82) is 0 Å². The van der Waals surface area contributed by atoms with Crippen molar-refractivity contribution in [3.8, 4) is 0 Å². The maximum absolute atomic E-state index is 12.6. The van der Waals surface area contributed by atoms with Gasteiger partial charge in [-0.1, -0.05) is 24.3 Å². The van der Waals surface area contributed by atoms with E-state index in [-0.39, 0.29) is 24.3 Å². The van der Waals surface area contributed by atoms with Gasteiger partial charge < -0.3 is 5.32 Å². The topological polar surface area (TPSA) is 79.4 Å². The third kappa shape index (κ3) is 3.56. The molecule has 0 atom stereocenters. The van der Waals surface area contributed by atoms with Gasteiger partial charge in [-0.05, 0) is 43.7 Å². The normalized spacial score (nSPS) is 13.5. The molecule has 3 amide bonds. The zero-order chi connectivity index (χ0) is 20.6. The zero-order valence-electron chi connectivity index (χ0n) is 16.0. The lowest BCUT2D eigenvalue weighted by molar-refractivity contribution is 0.0641. The monoisotopic (exact) mass is 405 g/mol. The van der Waals surface area contributed by atoms with Crippen LogP contribution in [0.4, 0.5) is 0 Å². The maximum Gasteiger partial charge on any atom is 0.261 e. The van der Waals surface area contributed by atoms with Crippen LogP contribution in [0.5, 0.6) is 0 Å². The van der Waals surface area contributed by atoms with Gasteiger partial charge in [-0.2, -0.15) is 0 Å². The van der Waals surface area contributed by atoms with Gasteiger partial charge in [0, 0.05) is 17.1 Å². The Bertz CT molecular complexity index is 1050. The van der Waals surface area contributed by atoms with Gasteiger partial charge in [0.1, 0.15) is 5.01 Å². The molecule has 6 nitrogen and oxygen atoms in total. The molecule has 3 aromatic rings. The molecule has 1 aromatic heterocycles. The molecular formula is C22H19N3O3S. The van der Waals surface area contributed by atoms with Crippen LogP contribution in [0.25, 0.3) is 0 Å². The molecular weight excluding hydrogens is 386 g/mol. The number of hydrogen-bond acceptors (Lipinski definition) is 5. The second-order valence-corrected chi connectivity index (χ2v) is 8.25. The van der Waals surface area contributed by atoms with Crippen LogP contribution in [-0.4, -0.2) is 27.6 Å². The van der Waals surface area contributed by atoms with Crippen LogP contribution in [0.2, 0.25) is 0 Å². The first-order valence-corrected chi connectivity index (χ1v) is 10.0. The average molecular weight is 405 g/mol. The molecule has 0 bridgehead atoms. The molecule has 2 aromatic carbocycles. The third-order valence-corrected chi connectivity index (χ3v) is 5.92. The molecule has 4 rings (SSSR count). The Labute approximate surface area is 172 Å². The van der Waals surface area contributed by atoms with Crippen LogP contribution in [0.1, 0.15) is 55.5 Å². The number of fused-ring (bicyclic) bond motifs is 1. The lowest BCUT2D eigenvalue weighted by atomic mass is 10.0. The Balaban J connectivity index is 1.46. The van der Waals surface area contributed by atoms with Gasteiger partial charge in [-0.25, -0.2) is 4.98 Å². The number of rotatable bonds is 5. The van der Waals surface area contributed by atoms with E-state index in [0.717, 1.165) is 10.6 Å². The highest BCUT2D eigenvalue weighted by molar-refractivity contribution is 7.09. The van der Waals surface area contributed by atoms with E-state index in [1.165, 1.54) is 16.2 Å². The lowest BCUT2D eigenvalue weighted by Crippen LogP contribution is -2.40.